The molecule has 2 rings (SSSR count). The Morgan fingerprint density at radius 2 is 2.14 bits per heavy atom. The van der Waals surface area contributed by atoms with Gasteiger partial charge in [0.25, 0.3) is 0 Å². The molecule has 1 aromatic rings. The zero-order valence-corrected chi connectivity index (χ0v) is 10.1. The minimum atomic E-state index is -0.338. The van der Waals surface area contributed by atoms with Gasteiger partial charge < -0.3 is 5.11 Å². The summed E-state index contributed by atoms with van der Waals surface area (Å²) in [4.78, 5) is 0. The summed E-state index contributed by atoms with van der Waals surface area (Å²) in [5, 5.41) is 10.7. The van der Waals surface area contributed by atoms with Crippen LogP contribution >= 0.6 is 27.5 Å². The first-order chi connectivity index (χ1) is 6.68. The Hall–Kier alpha value is -0.0500. The van der Waals surface area contributed by atoms with Crippen molar-refractivity contribution >= 4 is 27.5 Å². The Balaban J connectivity index is 2.22. The van der Waals surface area contributed by atoms with Crippen LogP contribution in [0.1, 0.15) is 30.9 Å². The van der Waals surface area contributed by atoms with Crippen molar-refractivity contribution in [3.8, 4) is 0 Å². The van der Waals surface area contributed by atoms with Gasteiger partial charge in [-0.15, -0.1) is 0 Å². The SMILES string of the molecule is OC(c1ccc(Cl)cc1Br)C1CCC1. The van der Waals surface area contributed by atoms with Gasteiger partial charge in [-0.25, -0.2) is 0 Å². The number of aliphatic hydroxyl groups is 1. The summed E-state index contributed by atoms with van der Waals surface area (Å²) >= 11 is 9.26. The third-order valence-corrected chi connectivity index (χ3v) is 3.80. The van der Waals surface area contributed by atoms with E-state index in [0.29, 0.717) is 10.9 Å². The fraction of sp³-hybridized carbons (Fsp3) is 0.455. The van der Waals surface area contributed by atoms with Gasteiger partial charge in [0, 0.05) is 9.50 Å². The summed E-state index contributed by atoms with van der Waals surface area (Å²) in [6, 6.07) is 5.55. The standard InChI is InChI=1S/C11H12BrClO/c12-10-6-8(13)4-5-9(10)11(14)7-2-1-3-7/h4-7,11,14H,1-3H2. The van der Waals surface area contributed by atoms with Gasteiger partial charge in [-0.1, -0.05) is 40.0 Å². The van der Waals surface area contributed by atoms with Crippen LogP contribution in [0.5, 0.6) is 0 Å². The van der Waals surface area contributed by atoms with Gasteiger partial charge in [0.1, 0.15) is 0 Å². The molecular formula is C11H12BrClO. The van der Waals surface area contributed by atoms with Gasteiger partial charge >= 0.3 is 0 Å². The lowest BCUT2D eigenvalue weighted by Crippen LogP contribution is -2.20. The zero-order chi connectivity index (χ0) is 10.1. The van der Waals surface area contributed by atoms with E-state index in [9.17, 15) is 5.11 Å². The highest BCUT2D eigenvalue weighted by Crippen LogP contribution is 2.40. The quantitative estimate of drug-likeness (QED) is 0.867. The average molecular weight is 276 g/mol. The Morgan fingerprint density at radius 3 is 2.64 bits per heavy atom. The molecule has 14 heavy (non-hydrogen) atoms. The van der Waals surface area contributed by atoms with E-state index in [2.05, 4.69) is 15.9 Å². The molecule has 0 spiro atoms. The molecule has 1 unspecified atom stereocenters. The topological polar surface area (TPSA) is 20.2 Å². The molecule has 76 valence electrons. The van der Waals surface area contributed by atoms with Crippen LogP contribution in [0.3, 0.4) is 0 Å². The lowest BCUT2D eigenvalue weighted by atomic mass is 9.79. The summed E-state index contributed by atoms with van der Waals surface area (Å²) in [5.41, 5.74) is 0.958. The Kier molecular flexibility index (Phi) is 3.15. The highest BCUT2D eigenvalue weighted by atomic mass is 79.9. The van der Waals surface area contributed by atoms with Crippen LogP contribution in [0, 0.1) is 5.92 Å². The van der Waals surface area contributed by atoms with Crippen molar-refractivity contribution in [1.82, 2.24) is 0 Å². The van der Waals surface area contributed by atoms with Crippen molar-refractivity contribution in [3.05, 3.63) is 33.3 Å². The third kappa shape index (κ3) is 1.97. The van der Waals surface area contributed by atoms with Crippen LogP contribution in [0.25, 0.3) is 0 Å². The molecule has 0 bridgehead atoms. The van der Waals surface area contributed by atoms with E-state index in [4.69, 9.17) is 11.6 Å². The molecule has 1 nitrogen and oxygen atoms in total. The minimum Gasteiger partial charge on any atom is -0.388 e. The Bertz CT molecular complexity index is 336. The van der Waals surface area contributed by atoms with Gasteiger partial charge in [-0.3, -0.25) is 0 Å². The summed E-state index contributed by atoms with van der Waals surface area (Å²) in [5.74, 6) is 0.437. The summed E-state index contributed by atoms with van der Waals surface area (Å²) in [6.07, 6.45) is 3.18. The second-order valence-corrected chi connectivity index (χ2v) is 5.09. The fourth-order valence-corrected chi connectivity index (χ4v) is 2.67. The second kappa shape index (κ2) is 4.21. The molecule has 0 aromatic heterocycles. The molecule has 1 aliphatic rings. The van der Waals surface area contributed by atoms with Crippen LogP contribution in [0.15, 0.2) is 22.7 Å². The lowest BCUT2D eigenvalue weighted by Gasteiger charge is -2.31. The minimum absolute atomic E-state index is 0.338. The van der Waals surface area contributed by atoms with E-state index >= 15 is 0 Å². The first kappa shape index (κ1) is 10.5. The van der Waals surface area contributed by atoms with Crippen LogP contribution in [-0.2, 0) is 0 Å². The van der Waals surface area contributed by atoms with Crippen molar-refractivity contribution in [3.63, 3.8) is 0 Å². The van der Waals surface area contributed by atoms with Crippen molar-refractivity contribution in [1.29, 1.82) is 0 Å². The molecule has 1 saturated carbocycles. The van der Waals surface area contributed by atoms with Crippen LogP contribution in [0.4, 0.5) is 0 Å². The van der Waals surface area contributed by atoms with Crippen molar-refractivity contribution in [2.45, 2.75) is 25.4 Å². The van der Waals surface area contributed by atoms with E-state index < -0.39 is 0 Å². The van der Waals surface area contributed by atoms with E-state index in [-0.39, 0.29) is 6.10 Å². The predicted molar refractivity (Wildman–Crippen MR) is 61.5 cm³/mol. The van der Waals surface area contributed by atoms with E-state index in [1.54, 1.807) is 0 Å². The molecule has 0 radical (unpaired) electrons. The van der Waals surface area contributed by atoms with Gasteiger partial charge in [0.05, 0.1) is 6.10 Å². The predicted octanol–water partition coefficient (Wildman–Crippen LogP) is 3.94. The molecule has 0 saturated heterocycles. The molecule has 0 amide bonds. The maximum absolute atomic E-state index is 10.0. The van der Waals surface area contributed by atoms with Crippen molar-refractivity contribution in [2.75, 3.05) is 0 Å². The molecule has 1 aromatic carbocycles. The molecule has 1 N–H and O–H groups in total. The smallest absolute Gasteiger partial charge is 0.0829 e. The molecule has 0 heterocycles. The van der Waals surface area contributed by atoms with Crippen LogP contribution in [0.2, 0.25) is 5.02 Å². The zero-order valence-electron chi connectivity index (χ0n) is 7.71. The molecule has 1 fully saturated rings. The average Bonchev–Trinajstić information content (AvgIpc) is 2.00. The molecule has 3 heteroatoms. The molecule has 0 aliphatic heterocycles. The molecule has 1 atom stereocenters. The number of hydrogen-bond donors (Lipinski definition) is 1. The fourth-order valence-electron chi connectivity index (χ4n) is 1.75. The summed E-state index contributed by atoms with van der Waals surface area (Å²) in [6.45, 7) is 0. The van der Waals surface area contributed by atoms with Gasteiger partial charge in [0.15, 0.2) is 0 Å². The van der Waals surface area contributed by atoms with Crippen LogP contribution in [-0.4, -0.2) is 5.11 Å². The molecular weight excluding hydrogens is 263 g/mol. The van der Waals surface area contributed by atoms with Gasteiger partial charge in [-0.2, -0.15) is 0 Å². The number of aliphatic hydroxyl groups excluding tert-OH is 1. The van der Waals surface area contributed by atoms with E-state index in [1.807, 2.05) is 18.2 Å². The maximum Gasteiger partial charge on any atom is 0.0829 e. The Morgan fingerprint density at radius 1 is 1.43 bits per heavy atom. The van der Waals surface area contributed by atoms with E-state index in [0.717, 1.165) is 22.9 Å². The highest BCUT2D eigenvalue weighted by molar-refractivity contribution is 9.10. The molecule has 1 aliphatic carbocycles. The third-order valence-electron chi connectivity index (χ3n) is 2.88. The lowest BCUT2D eigenvalue weighted by molar-refractivity contribution is 0.0615. The van der Waals surface area contributed by atoms with Crippen molar-refractivity contribution < 1.29 is 5.11 Å². The van der Waals surface area contributed by atoms with E-state index in [1.165, 1.54) is 6.42 Å². The number of rotatable bonds is 2. The van der Waals surface area contributed by atoms with Crippen molar-refractivity contribution in [2.24, 2.45) is 5.92 Å². The first-order valence-electron chi connectivity index (χ1n) is 4.81. The number of benzene rings is 1. The van der Waals surface area contributed by atoms with Gasteiger partial charge in [0.2, 0.25) is 0 Å². The van der Waals surface area contributed by atoms with Gasteiger partial charge in [-0.05, 0) is 36.5 Å². The maximum atomic E-state index is 10.0. The normalized spacial score (nSPS) is 19.1. The number of halogens is 2. The Labute approximate surface area is 97.2 Å². The second-order valence-electron chi connectivity index (χ2n) is 3.80. The van der Waals surface area contributed by atoms with Crippen LogP contribution < -0.4 is 0 Å². The summed E-state index contributed by atoms with van der Waals surface area (Å²) < 4.78 is 0.907. The largest absolute Gasteiger partial charge is 0.388 e. The first-order valence-corrected chi connectivity index (χ1v) is 5.98. The number of hydrogen-bond acceptors (Lipinski definition) is 1. The highest BCUT2D eigenvalue weighted by Gasteiger charge is 2.27. The monoisotopic (exact) mass is 274 g/mol. The summed E-state index contributed by atoms with van der Waals surface area (Å²) in [7, 11) is 0.